The van der Waals surface area contributed by atoms with Gasteiger partial charge < -0.3 is 11.1 Å². The van der Waals surface area contributed by atoms with Crippen LogP contribution in [0.25, 0.3) is 0 Å². The molecule has 3 N–H and O–H groups in total. The van der Waals surface area contributed by atoms with Crippen LogP contribution in [0.3, 0.4) is 0 Å². The lowest BCUT2D eigenvalue weighted by Crippen LogP contribution is -2.58. The highest BCUT2D eigenvalue weighted by Gasteiger charge is 2.39. The second kappa shape index (κ2) is 5.50. The maximum Gasteiger partial charge on any atom is 0.0400 e. The Bertz CT molecular complexity index is 251. The number of hydrogen-bond donors (Lipinski definition) is 2. The van der Waals surface area contributed by atoms with Crippen LogP contribution < -0.4 is 11.1 Å². The van der Waals surface area contributed by atoms with E-state index in [1.165, 1.54) is 50.2 Å². The molecule has 0 amide bonds. The summed E-state index contributed by atoms with van der Waals surface area (Å²) in [6.07, 6.45) is 6.95. The van der Waals surface area contributed by atoms with Crippen LogP contribution in [0.5, 0.6) is 0 Å². The first-order valence-corrected chi connectivity index (χ1v) is 8.24. The van der Waals surface area contributed by atoms with Crippen LogP contribution >= 0.6 is 11.8 Å². The van der Waals surface area contributed by atoms with Crippen molar-refractivity contribution < 1.29 is 0 Å². The van der Waals surface area contributed by atoms with Crippen LogP contribution in [0, 0.1) is 11.3 Å². The maximum atomic E-state index is 6.05. The lowest BCUT2D eigenvalue weighted by atomic mass is 9.79. The Morgan fingerprint density at radius 2 is 2.06 bits per heavy atom. The summed E-state index contributed by atoms with van der Waals surface area (Å²) in [5, 5.41) is 3.79. The van der Waals surface area contributed by atoms with Crippen molar-refractivity contribution >= 4 is 11.8 Å². The molecule has 0 radical (unpaired) electrons. The average Bonchev–Trinajstić information content (AvgIpc) is 2.20. The molecular formula is C14H28N2S. The molecule has 1 heterocycles. The van der Waals surface area contributed by atoms with Gasteiger partial charge in [-0.15, -0.1) is 0 Å². The molecule has 1 atom stereocenters. The molecule has 0 bridgehead atoms. The molecule has 3 heteroatoms. The topological polar surface area (TPSA) is 38.0 Å². The summed E-state index contributed by atoms with van der Waals surface area (Å²) in [5.74, 6) is 3.47. The van der Waals surface area contributed by atoms with E-state index in [2.05, 4.69) is 30.9 Å². The van der Waals surface area contributed by atoms with Crippen LogP contribution in [0.2, 0.25) is 0 Å². The highest BCUT2D eigenvalue weighted by atomic mass is 32.2. The van der Waals surface area contributed by atoms with Crippen molar-refractivity contribution in [2.75, 3.05) is 24.6 Å². The van der Waals surface area contributed by atoms with Crippen molar-refractivity contribution in [2.45, 2.75) is 51.5 Å². The fourth-order valence-electron chi connectivity index (χ4n) is 3.18. The van der Waals surface area contributed by atoms with Gasteiger partial charge in [0, 0.05) is 17.8 Å². The summed E-state index contributed by atoms with van der Waals surface area (Å²) in [4.78, 5) is 0. The zero-order valence-corrected chi connectivity index (χ0v) is 12.2. The highest BCUT2D eigenvalue weighted by Crippen LogP contribution is 2.39. The molecule has 1 aliphatic carbocycles. The molecule has 2 fully saturated rings. The number of nitrogens with one attached hydrogen (secondary N) is 1. The van der Waals surface area contributed by atoms with Crippen molar-refractivity contribution in [3.63, 3.8) is 0 Å². The van der Waals surface area contributed by atoms with E-state index >= 15 is 0 Å². The van der Waals surface area contributed by atoms with Crippen LogP contribution in [-0.4, -0.2) is 30.1 Å². The monoisotopic (exact) mass is 256 g/mol. The van der Waals surface area contributed by atoms with E-state index in [4.69, 9.17) is 5.73 Å². The standard InChI is InChI=1S/C14H28N2S/c1-13(2)8-14(9-15,11-17-10-13)16-7-6-12-4-3-5-12/h12,16H,3-11,15H2,1-2H3. The Labute approximate surface area is 110 Å². The minimum absolute atomic E-state index is 0.205. The van der Waals surface area contributed by atoms with E-state index in [1.807, 2.05) is 0 Å². The van der Waals surface area contributed by atoms with Crippen LogP contribution in [0.15, 0.2) is 0 Å². The van der Waals surface area contributed by atoms with Crippen LogP contribution in [-0.2, 0) is 0 Å². The Morgan fingerprint density at radius 1 is 1.29 bits per heavy atom. The Morgan fingerprint density at radius 3 is 2.59 bits per heavy atom. The molecule has 2 aliphatic rings. The third kappa shape index (κ3) is 3.62. The lowest BCUT2D eigenvalue weighted by molar-refractivity contribution is 0.214. The number of thioether (sulfide) groups is 1. The van der Waals surface area contributed by atoms with E-state index in [1.54, 1.807) is 0 Å². The molecule has 0 aromatic carbocycles. The predicted molar refractivity (Wildman–Crippen MR) is 77.5 cm³/mol. The second-order valence-electron chi connectivity index (χ2n) is 6.83. The molecule has 0 aromatic rings. The maximum absolute atomic E-state index is 6.05. The first-order chi connectivity index (χ1) is 8.05. The molecule has 100 valence electrons. The van der Waals surface area contributed by atoms with Crippen molar-refractivity contribution in [3.05, 3.63) is 0 Å². The Kier molecular flexibility index (Phi) is 4.43. The minimum atomic E-state index is 0.205. The van der Waals surface area contributed by atoms with Gasteiger partial charge >= 0.3 is 0 Å². The number of nitrogens with two attached hydrogens (primary N) is 1. The molecular weight excluding hydrogens is 228 g/mol. The third-order valence-corrected chi connectivity index (χ3v) is 6.10. The summed E-state index contributed by atoms with van der Waals surface area (Å²) < 4.78 is 0. The SMILES string of the molecule is CC1(C)CSCC(CN)(NCCC2CCC2)C1. The van der Waals surface area contributed by atoms with Gasteiger partial charge in [-0.05, 0) is 36.5 Å². The predicted octanol–water partition coefficient (Wildman–Crippen LogP) is 2.63. The molecule has 2 nitrogen and oxygen atoms in total. The Balaban J connectivity index is 1.80. The smallest absolute Gasteiger partial charge is 0.0400 e. The zero-order valence-electron chi connectivity index (χ0n) is 11.4. The van der Waals surface area contributed by atoms with Crippen LogP contribution in [0.1, 0.15) is 46.0 Å². The van der Waals surface area contributed by atoms with Crippen LogP contribution in [0.4, 0.5) is 0 Å². The van der Waals surface area contributed by atoms with Gasteiger partial charge in [-0.25, -0.2) is 0 Å². The summed E-state index contributed by atoms with van der Waals surface area (Å²) >= 11 is 2.07. The minimum Gasteiger partial charge on any atom is -0.329 e. The molecule has 1 saturated carbocycles. The van der Waals surface area contributed by atoms with Crippen molar-refractivity contribution in [1.29, 1.82) is 0 Å². The fourth-order valence-corrected chi connectivity index (χ4v) is 4.65. The first kappa shape index (κ1) is 13.7. The van der Waals surface area contributed by atoms with E-state index < -0.39 is 0 Å². The summed E-state index contributed by atoms with van der Waals surface area (Å²) in [7, 11) is 0. The third-order valence-electron chi connectivity index (χ3n) is 4.36. The van der Waals surface area contributed by atoms with Crippen molar-refractivity contribution in [1.82, 2.24) is 5.32 Å². The van der Waals surface area contributed by atoms with E-state index in [0.717, 1.165) is 12.5 Å². The molecule has 1 aliphatic heterocycles. The van der Waals surface area contributed by atoms with Crippen molar-refractivity contribution in [3.8, 4) is 0 Å². The molecule has 1 unspecified atom stereocenters. The fraction of sp³-hybridized carbons (Fsp3) is 1.00. The van der Waals surface area contributed by atoms with E-state index in [0.29, 0.717) is 5.41 Å². The van der Waals surface area contributed by atoms with Gasteiger partial charge in [0.1, 0.15) is 0 Å². The molecule has 2 rings (SSSR count). The van der Waals surface area contributed by atoms with Gasteiger partial charge in [-0.1, -0.05) is 33.1 Å². The second-order valence-corrected chi connectivity index (χ2v) is 7.82. The quantitative estimate of drug-likeness (QED) is 0.794. The molecule has 17 heavy (non-hydrogen) atoms. The number of rotatable bonds is 5. The normalized spacial score (nSPS) is 33.4. The van der Waals surface area contributed by atoms with Gasteiger partial charge in [0.25, 0.3) is 0 Å². The zero-order chi connectivity index (χ0) is 12.4. The average molecular weight is 256 g/mol. The van der Waals surface area contributed by atoms with Gasteiger partial charge in [0.2, 0.25) is 0 Å². The lowest BCUT2D eigenvalue weighted by Gasteiger charge is -2.45. The van der Waals surface area contributed by atoms with Crippen molar-refractivity contribution in [2.24, 2.45) is 17.1 Å². The number of hydrogen-bond acceptors (Lipinski definition) is 3. The summed E-state index contributed by atoms with van der Waals surface area (Å²) in [6.45, 7) is 6.70. The molecule has 1 saturated heterocycles. The highest BCUT2D eigenvalue weighted by molar-refractivity contribution is 7.99. The van der Waals surface area contributed by atoms with Gasteiger partial charge in [-0.2, -0.15) is 11.8 Å². The van der Waals surface area contributed by atoms with Gasteiger partial charge in [-0.3, -0.25) is 0 Å². The first-order valence-electron chi connectivity index (χ1n) is 7.08. The summed E-state index contributed by atoms with van der Waals surface area (Å²) in [5.41, 5.74) is 6.69. The Hall–Kier alpha value is 0.270. The van der Waals surface area contributed by atoms with Gasteiger partial charge in [0.15, 0.2) is 0 Å². The van der Waals surface area contributed by atoms with E-state index in [9.17, 15) is 0 Å². The van der Waals surface area contributed by atoms with E-state index in [-0.39, 0.29) is 5.54 Å². The van der Waals surface area contributed by atoms with Gasteiger partial charge in [0.05, 0.1) is 0 Å². The summed E-state index contributed by atoms with van der Waals surface area (Å²) in [6, 6.07) is 0. The molecule has 0 aromatic heterocycles. The largest absolute Gasteiger partial charge is 0.329 e. The molecule has 0 spiro atoms.